The molecule has 6 heteroatoms. The van der Waals surface area contributed by atoms with Crippen molar-refractivity contribution in [3.8, 4) is 0 Å². The highest BCUT2D eigenvalue weighted by Gasteiger charge is 1.95. The van der Waals surface area contributed by atoms with Crippen LogP contribution in [0.3, 0.4) is 0 Å². The Hall–Kier alpha value is -0.620. The molecule has 0 saturated heterocycles. The minimum Gasteiger partial charge on any atom is -0.378 e. The Kier molecular flexibility index (Phi) is 9.02. The fraction of sp³-hybridized carbons (Fsp3) is 0.714. The Labute approximate surface area is 85.3 Å². The third-order valence-electron chi connectivity index (χ3n) is 1.13. The second-order valence-electron chi connectivity index (χ2n) is 2.12. The summed E-state index contributed by atoms with van der Waals surface area (Å²) in [6, 6.07) is 0. The molecule has 1 radical (unpaired) electrons. The number of hydrogen-bond acceptors (Lipinski definition) is 3. The number of nitrogens with one attached hydrogen (secondary N) is 2. The average molecular weight is 252 g/mol. The zero-order valence-electron chi connectivity index (χ0n) is 7.14. The lowest BCUT2D eigenvalue weighted by Crippen LogP contribution is -2.28. The largest absolute Gasteiger partial charge is 0.378 e. The van der Waals surface area contributed by atoms with Crippen molar-refractivity contribution < 1.29 is 14.3 Å². The molecule has 0 heterocycles. The Morgan fingerprint density at radius 1 is 1.38 bits per heavy atom. The molecule has 0 aromatic rings. The molecular weight excluding hydrogens is 240 g/mol. The Morgan fingerprint density at radius 2 is 2.08 bits per heavy atom. The van der Waals surface area contributed by atoms with Gasteiger partial charge in [0.15, 0.2) is 0 Å². The van der Waals surface area contributed by atoms with Gasteiger partial charge in [-0.05, 0) is 0 Å². The van der Waals surface area contributed by atoms with Crippen molar-refractivity contribution in [1.82, 2.24) is 10.6 Å². The van der Waals surface area contributed by atoms with Crippen molar-refractivity contribution >= 4 is 28.2 Å². The third kappa shape index (κ3) is 9.29. The zero-order valence-corrected chi connectivity index (χ0v) is 8.72. The normalized spacial score (nSPS) is 9.31. The van der Waals surface area contributed by atoms with Crippen LogP contribution >= 0.6 is 15.9 Å². The van der Waals surface area contributed by atoms with E-state index < -0.39 is 0 Å². The van der Waals surface area contributed by atoms with E-state index in [1.165, 1.54) is 6.41 Å². The number of carbonyl (C=O) groups is 1. The molecular formula is C7H12BrN2O3. The highest BCUT2D eigenvalue weighted by atomic mass is 79.9. The van der Waals surface area contributed by atoms with Crippen LogP contribution < -0.4 is 10.6 Å². The van der Waals surface area contributed by atoms with Gasteiger partial charge in [-0.25, -0.2) is 0 Å². The van der Waals surface area contributed by atoms with Gasteiger partial charge in [-0.2, -0.15) is 0 Å². The van der Waals surface area contributed by atoms with Crippen molar-refractivity contribution in [3.05, 3.63) is 0 Å². The fourth-order valence-corrected chi connectivity index (χ4v) is 0.784. The number of halogens is 1. The molecule has 2 N–H and O–H groups in total. The topological polar surface area (TPSA) is 67.4 Å². The van der Waals surface area contributed by atoms with E-state index in [2.05, 4.69) is 26.6 Å². The van der Waals surface area contributed by atoms with Gasteiger partial charge in [0.2, 0.25) is 5.91 Å². The van der Waals surface area contributed by atoms with Gasteiger partial charge >= 0.3 is 6.41 Å². The van der Waals surface area contributed by atoms with Crippen LogP contribution in [0.2, 0.25) is 0 Å². The maximum Gasteiger partial charge on any atom is 0.309 e. The summed E-state index contributed by atoms with van der Waals surface area (Å²) >= 11 is 3.01. The second kappa shape index (κ2) is 9.47. The van der Waals surface area contributed by atoms with Gasteiger partial charge < -0.3 is 15.4 Å². The predicted octanol–water partition coefficient (Wildman–Crippen LogP) is -0.829. The van der Waals surface area contributed by atoms with Crippen LogP contribution in [0.15, 0.2) is 0 Å². The average Bonchev–Trinajstić information content (AvgIpc) is 2.16. The van der Waals surface area contributed by atoms with Gasteiger partial charge in [-0.3, -0.25) is 9.59 Å². The van der Waals surface area contributed by atoms with E-state index in [4.69, 9.17) is 4.74 Å². The van der Waals surface area contributed by atoms with Gasteiger partial charge in [-0.1, -0.05) is 15.9 Å². The van der Waals surface area contributed by atoms with Crippen LogP contribution in [-0.4, -0.2) is 44.0 Å². The van der Waals surface area contributed by atoms with Crippen molar-refractivity contribution in [1.29, 1.82) is 0 Å². The summed E-state index contributed by atoms with van der Waals surface area (Å²) in [5, 5.41) is 5.25. The molecule has 0 spiro atoms. The molecule has 0 bridgehead atoms. The minimum absolute atomic E-state index is 0.0667. The summed E-state index contributed by atoms with van der Waals surface area (Å²) in [6.07, 6.45) is 1.53. The first kappa shape index (κ1) is 12.4. The maximum absolute atomic E-state index is 10.7. The first-order chi connectivity index (χ1) is 6.31. The summed E-state index contributed by atoms with van der Waals surface area (Å²) < 4.78 is 5.06. The lowest BCUT2D eigenvalue weighted by Gasteiger charge is -2.04. The SMILES string of the molecule is O=[C]NCCOCCNC(=O)CBr. The third-order valence-corrected chi connectivity index (χ3v) is 1.64. The Morgan fingerprint density at radius 3 is 2.69 bits per heavy atom. The molecule has 0 aliphatic rings. The van der Waals surface area contributed by atoms with E-state index >= 15 is 0 Å². The molecule has 0 atom stereocenters. The van der Waals surface area contributed by atoms with Crippen LogP contribution in [0.25, 0.3) is 0 Å². The Balaban J connectivity index is 2.99. The molecule has 0 saturated carbocycles. The van der Waals surface area contributed by atoms with E-state index in [0.717, 1.165) is 0 Å². The summed E-state index contributed by atoms with van der Waals surface area (Å²) in [4.78, 5) is 20.3. The lowest BCUT2D eigenvalue weighted by atomic mass is 10.6. The minimum atomic E-state index is -0.0667. The predicted molar refractivity (Wildman–Crippen MR) is 51.3 cm³/mol. The van der Waals surface area contributed by atoms with E-state index in [0.29, 0.717) is 31.6 Å². The molecule has 0 aliphatic heterocycles. The summed E-state index contributed by atoms with van der Waals surface area (Å²) in [5.74, 6) is -0.0667. The first-order valence-corrected chi connectivity index (χ1v) is 4.93. The van der Waals surface area contributed by atoms with Crippen LogP contribution in [0.5, 0.6) is 0 Å². The number of hydrogen-bond donors (Lipinski definition) is 2. The highest BCUT2D eigenvalue weighted by Crippen LogP contribution is 1.78. The molecule has 13 heavy (non-hydrogen) atoms. The van der Waals surface area contributed by atoms with Crippen molar-refractivity contribution in [2.24, 2.45) is 0 Å². The second-order valence-corrected chi connectivity index (χ2v) is 2.69. The van der Waals surface area contributed by atoms with E-state index in [9.17, 15) is 9.59 Å². The number of alkyl halides is 1. The first-order valence-electron chi connectivity index (χ1n) is 3.81. The number of amides is 2. The number of rotatable bonds is 8. The van der Waals surface area contributed by atoms with Crippen LogP contribution in [0.1, 0.15) is 0 Å². The summed E-state index contributed by atoms with van der Waals surface area (Å²) in [7, 11) is 0. The quantitative estimate of drug-likeness (QED) is 0.336. The number of ether oxygens (including phenoxy) is 1. The van der Waals surface area contributed by atoms with E-state index in [1.54, 1.807) is 0 Å². The summed E-state index contributed by atoms with van der Waals surface area (Å²) in [6.45, 7) is 1.80. The molecule has 0 aromatic heterocycles. The van der Waals surface area contributed by atoms with Gasteiger partial charge in [0.05, 0.1) is 18.5 Å². The molecule has 75 valence electrons. The van der Waals surface area contributed by atoms with Crippen LogP contribution in [-0.2, 0) is 14.3 Å². The van der Waals surface area contributed by atoms with Gasteiger partial charge in [0.25, 0.3) is 0 Å². The smallest absolute Gasteiger partial charge is 0.309 e. The molecule has 0 unspecified atom stereocenters. The van der Waals surface area contributed by atoms with Crippen molar-refractivity contribution in [2.45, 2.75) is 0 Å². The molecule has 0 rings (SSSR count). The molecule has 0 aromatic carbocycles. The fourth-order valence-electron chi connectivity index (χ4n) is 0.586. The number of carbonyl (C=O) groups excluding carboxylic acids is 2. The van der Waals surface area contributed by atoms with Crippen molar-refractivity contribution in [2.75, 3.05) is 31.6 Å². The van der Waals surface area contributed by atoms with Gasteiger partial charge in [0, 0.05) is 13.1 Å². The Bertz CT molecular complexity index is 155. The zero-order chi connectivity index (χ0) is 9.94. The van der Waals surface area contributed by atoms with Crippen molar-refractivity contribution in [3.63, 3.8) is 0 Å². The van der Waals surface area contributed by atoms with Crippen LogP contribution in [0, 0.1) is 0 Å². The standard InChI is InChI=1S/C7H12BrN2O3/c8-5-7(12)10-2-4-13-3-1-9-6-11/h1-5H2,(H,9,11)(H,10,12). The summed E-state index contributed by atoms with van der Waals surface area (Å²) in [5.41, 5.74) is 0. The maximum atomic E-state index is 10.7. The molecule has 2 amide bonds. The highest BCUT2D eigenvalue weighted by molar-refractivity contribution is 9.09. The van der Waals surface area contributed by atoms with E-state index in [-0.39, 0.29) is 5.91 Å². The van der Waals surface area contributed by atoms with Gasteiger partial charge in [-0.15, -0.1) is 0 Å². The molecule has 0 aliphatic carbocycles. The lowest BCUT2D eigenvalue weighted by molar-refractivity contribution is -0.118. The van der Waals surface area contributed by atoms with Crippen LogP contribution in [0.4, 0.5) is 0 Å². The van der Waals surface area contributed by atoms with Gasteiger partial charge in [0.1, 0.15) is 0 Å². The molecule has 0 fully saturated rings. The molecule has 5 nitrogen and oxygen atoms in total. The van der Waals surface area contributed by atoms with E-state index in [1.807, 2.05) is 0 Å². The monoisotopic (exact) mass is 251 g/mol.